The zero-order chi connectivity index (χ0) is 15.6. The number of benzene rings is 1. The van der Waals surface area contributed by atoms with Crippen LogP contribution in [-0.4, -0.2) is 8.42 Å². The first-order chi connectivity index (χ1) is 9.81. The van der Waals surface area contributed by atoms with Gasteiger partial charge in [-0.1, -0.05) is 44.2 Å². The van der Waals surface area contributed by atoms with E-state index in [1.165, 1.54) is 11.3 Å². The van der Waals surface area contributed by atoms with Crippen LogP contribution in [0.25, 0.3) is 0 Å². The minimum Gasteiger partial charge on any atom is -0.206 e. The second kappa shape index (κ2) is 6.60. The molecule has 21 heavy (non-hydrogen) atoms. The van der Waals surface area contributed by atoms with Crippen molar-refractivity contribution in [1.82, 2.24) is 4.72 Å². The summed E-state index contributed by atoms with van der Waals surface area (Å²) in [5.41, 5.74) is 1.91. The first kappa shape index (κ1) is 16.7. The van der Waals surface area contributed by atoms with Gasteiger partial charge in [0.25, 0.3) is 10.0 Å². The molecule has 2 rings (SSSR count). The molecule has 1 unspecified atom stereocenters. The topological polar surface area (TPSA) is 46.2 Å². The Kier molecular flexibility index (Phi) is 5.24. The van der Waals surface area contributed by atoms with Crippen molar-refractivity contribution in [1.29, 1.82) is 0 Å². The summed E-state index contributed by atoms with van der Waals surface area (Å²) in [5.74, 6) is 0.159. The lowest BCUT2D eigenvalue weighted by atomic mass is 9.97. The number of rotatable bonds is 5. The molecule has 1 N–H and O–H groups in total. The SMILES string of the molecule is Cc1cc(S(=O)(=O)NC(c2ccccc2)C(C)C)sc1Br. The number of aryl methyl sites for hydroxylation is 1. The fraction of sp³-hybridized carbons (Fsp3) is 0.333. The zero-order valence-corrected chi connectivity index (χ0v) is 15.3. The van der Waals surface area contributed by atoms with Gasteiger partial charge in [-0.05, 0) is 46.0 Å². The molecular weight excluding hydrogens is 370 g/mol. The van der Waals surface area contributed by atoms with Gasteiger partial charge in [-0.15, -0.1) is 11.3 Å². The Hall–Kier alpha value is -0.690. The smallest absolute Gasteiger partial charge is 0.206 e. The number of halogens is 1. The third-order valence-electron chi connectivity index (χ3n) is 3.21. The Balaban J connectivity index is 2.32. The molecule has 114 valence electrons. The third-order valence-corrected chi connectivity index (χ3v) is 7.26. The third kappa shape index (κ3) is 3.94. The maximum Gasteiger partial charge on any atom is 0.250 e. The summed E-state index contributed by atoms with van der Waals surface area (Å²) in [5, 5.41) is 0. The predicted octanol–water partition coefficient (Wildman–Crippen LogP) is 4.49. The molecule has 0 aliphatic rings. The van der Waals surface area contributed by atoms with Crippen molar-refractivity contribution in [2.75, 3.05) is 0 Å². The number of hydrogen-bond donors (Lipinski definition) is 1. The van der Waals surface area contributed by atoms with Crippen molar-refractivity contribution in [3.8, 4) is 0 Å². The van der Waals surface area contributed by atoms with Crippen LogP contribution in [-0.2, 0) is 10.0 Å². The van der Waals surface area contributed by atoms with Gasteiger partial charge in [0.05, 0.1) is 3.79 Å². The van der Waals surface area contributed by atoms with E-state index in [4.69, 9.17) is 0 Å². The fourth-order valence-corrected chi connectivity index (χ4v) is 5.65. The standard InChI is InChI=1S/C15H18BrNO2S2/c1-10(2)14(12-7-5-4-6-8-12)17-21(18,19)13-9-11(3)15(16)20-13/h4-10,14,17H,1-3H3. The van der Waals surface area contributed by atoms with E-state index in [1.807, 2.05) is 51.1 Å². The van der Waals surface area contributed by atoms with Crippen LogP contribution >= 0.6 is 27.3 Å². The number of hydrogen-bond acceptors (Lipinski definition) is 3. The van der Waals surface area contributed by atoms with Crippen LogP contribution in [0.2, 0.25) is 0 Å². The molecule has 0 bridgehead atoms. The highest BCUT2D eigenvalue weighted by atomic mass is 79.9. The van der Waals surface area contributed by atoms with Crippen LogP contribution in [0.4, 0.5) is 0 Å². The molecule has 0 spiro atoms. The van der Waals surface area contributed by atoms with Gasteiger partial charge < -0.3 is 0 Å². The van der Waals surface area contributed by atoms with E-state index in [1.54, 1.807) is 6.07 Å². The van der Waals surface area contributed by atoms with Crippen molar-refractivity contribution < 1.29 is 8.42 Å². The molecule has 0 aliphatic carbocycles. The van der Waals surface area contributed by atoms with Crippen molar-refractivity contribution in [3.63, 3.8) is 0 Å². The summed E-state index contributed by atoms with van der Waals surface area (Å²) >= 11 is 4.61. The normalized spacial score (nSPS) is 13.6. The van der Waals surface area contributed by atoms with Crippen LogP contribution in [0.1, 0.15) is 31.0 Å². The monoisotopic (exact) mass is 387 g/mol. The quantitative estimate of drug-likeness (QED) is 0.820. The molecule has 1 aromatic carbocycles. The van der Waals surface area contributed by atoms with E-state index in [9.17, 15) is 8.42 Å². The second-order valence-corrected chi connectivity index (χ2v) is 9.59. The lowest BCUT2D eigenvalue weighted by Crippen LogP contribution is -2.31. The van der Waals surface area contributed by atoms with Gasteiger partial charge in [0.15, 0.2) is 0 Å². The van der Waals surface area contributed by atoms with Gasteiger partial charge >= 0.3 is 0 Å². The van der Waals surface area contributed by atoms with Crippen LogP contribution in [0.3, 0.4) is 0 Å². The summed E-state index contributed by atoms with van der Waals surface area (Å²) in [4.78, 5) is 0. The highest BCUT2D eigenvalue weighted by molar-refractivity contribution is 9.11. The molecule has 1 heterocycles. The first-order valence-electron chi connectivity index (χ1n) is 6.64. The van der Waals surface area contributed by atoms with Gasteiger partial charge in [0.1, 0.15) is 4.21 Å². The van der Waals surface area contributed by atoms with Gasteiger partial charge in [0.2, 0.25) is 0 Å². The molecule has 0 fully saturated rings. The Labute approximate surface area is 138 Å². The van der Waals surface area contributed by atoms with Gasteiger partial charge in [-0.2, -0.15) is 0 Å². The average molecular weight is 388 g/mol. The van der Waals surface area contributed by atoms with Crippen LogP contribution in [0, 0.1) is 12.8 Å². The maximum atomic E-state index is 12.6. The molecule has 3 nitrogen and oxygen atoms in total. The van der Waals surface area contributed by atoms with Crippen LogP contribution in [0.15, 0.2) is 44.4 Å². The summed E-state index contributed by atoms with van der Waals surface area (Å²) in [7, 11) is -3.52. The summed E-state index contributed by atoms with van der Waals surface area (Å²) < 4.78 is 29.1. The molecule has 1 aromatic heterocycles. The van der Waals surface area contributed by atoms with E-state index in [0.29, 0.717) is 4.21 Å². The Morgan fingerprint density at radius 3 is 2.29 bits per heavy atom. The summed E-state index contributed by atoms with van der Waals surface area (Å²) in [6.07, 6.45) is 0. The number of thiophene rings is 1. The van der Waals surface area contributed by atoms with Crippen molar-refractivity contribution in [3.05, 3.63) is 51.3 Å². The zero-order valence-electron chi connectivity index (χ0n) is 12.1. The minimum absolute atomic E-state index is 0.159. The van der Waals surface area contributed by atoms with E-state index in [-0.39, 0.29) is 12.0 Å². The number of nitrogens with one attached hydrogen (secondary N) is 1. The molecule has 2 aromatic rings. The highest BCUT2D eigenvalue weighted by Crippen LogP contribution is 2.32. The van der Waals surface area contributed by atoms with Gasteiger partial charge in [-0.25, -0.2) is 13.1 Å². The van der Waals surface area contributed by atoms with Crippen molar-refractivity contribution in [2.24, 2.45) is 5.92 Å². The van der Waals surface area contributed by atoms with Crippen molar-refractivity contribution in [2.45, 2.75) is 31.0 Å². The first-order valence-corrected chi connectivity index (χ1v) is 9.73. The molecule has 0 radical (unpaired) electrons. The number of sulfonamides is 1. The largest absolute Gasteiger partial charge is 0.250 e. The van der Waals surface area contributed by atoms with E-state index in [0.717, 1.165) is 14.9 Å². The van der Waals surface area contributed by atoms with E-state index in [2.05, 4.69) is 20.7 Å². The van der Waals surface area contributed by atoms with Gasteiger partial charge in [0, 0.05) is 6.04 Å². The van der Waals surface area contributed by atoms with Crippen LogP contribution in [0.5, 0.6) is 0 Å². The Morgan fingerprint density at radius 1 is 1.19 bits per heavy atom. The maximum absolute atomic E-state index is 12.6. The molecular formula is C15H18BrNO2S2. The second-order valence-electron chi connectivity index (χ2n) is 5.28. The molecule has 0 saturated carbocycles. The van der Waals surface area contributed by atoms with E-state index < -0.39 is 10.0 Å². The molecule has 0 saturated heterocycles. The predicted molar refractivity (Wildman–Crippen MR) is 91.1 cm³/mol. The molecule has 1 atom stereocenters. The molecule has 0 aliphatic heterocycles. The Morgan fingerprint density at radius 2 is 1.81 bits per heavy atom. The van der Waals surface area contributed by atoms with Gasteiger partial charge in [-0.3, -0.25) is 0 Å². The lowest BCUT2D eigenvalue weighted by Gasteiger charge is -2.22. The van der Waals surface area contributed by atoms with E-state index >= 15 is 0 Å². The highest BCUT2D eigenvalue weighted by Gasteiger charge is 2.25. The average Bonchev–Trinajstić information content (AvgIpc) is 2.78. The van der Waals surface area contributed by atoms with Crippen LogP contribution < -0.4 is 4.72 Å². The Bertz CT molecular complexity index is 689. The van der Waals surface area contributed by atoms with Crippen molar-refractivity contribution >= 4 is 37.3 Å². The minimum atomic E-state index is -3.52. The summed E-state index contributed by atoms with van der Waals surface area (Å²) in [6, 6.07) is 11.1. The fourth-order valence-electron chi connectivity index (χ4n) is 2.04. The summed E-state index contributed by atoms with van der Waals surface area (Å²) in [6.45, 7) is 5.91. The lowest BCUT2D eigenvalue weighted by molar-refractivity contribution is 0.463. The molecule has 0 amide bonds. The molecule has 6 heteroatoms.